The van der Waals surface area contributed by atoms with Crippen molar-refractivity contribution >= 4 is 23.8 Å². The third-order valence-electron chi connectivity index (χ3n) is 3.48. The number of nitrogens with zero attached hydrogens (tertiary/aromatic N) is 1. The maximum absolute atomic E-state index is 12.1. The van der Waals surface area contributed by atoms with Gasteiger partial charge in [0.15, 0.2) is 0 Å². The summed E-state index contributed by atoms with van der Waals surface area (Å²) in [5, 5.41) is 6.53. The van der Waals surface area contributed by atoms with Gasteiger partial charge in [0.25, 0.3) is 5.91 Å². The lowest BCUT2D eigenvalue weighted by Crippen LogP contribution is -2.26. The number of hydrogen-bond acceptors (Lipinski definition) is 6. The van der Waals surface area contributed by atoms with Crippen LogP contribution in [-0.4, -0.2) is 38.4 Å². The molecule has 0 aromatic heterocycles. The molecule has 1 amide bonds. The molecule has 0 bridgehead atoms. The Balaban J connectivity index is 1.86. The molecule has 136 valence electrons. The predicted octanol–water partition coefficient (Wildman–Crippen LogP) is 2.86. The highest BCUT2D eigenvalue weighted by Crippen LogP contribution is 2.15. The number of carbonyl (C=O) groups is 2. The van der Waals surface area contributed by atoms with Crippen LogP contribution in [0, 0.1) is 0 Å². The molecule has 0 radical (unpaired) electrons. The Hall–Kier alpha value is -3.35. The van der Waals surface area contributed by atoms with Crippen molar-refractivity contribution in [2.75, 3.05) is 19.5 Å². The monoisotopic (exact) mass is 356 g/mol. The maximum atomic E-state index is 12.1. The summed E-state index contributed by atoms with van der Waals surface area (Å²) in [4.78, 5) is 28.6. The fourth-order valence-electron chi connectivity index (χ4n) is 1.97. The summed E-state index contributed by atoms with van der Waals surface area (Å²) in [5.74, 6) is -0.0305. The van der Waals surface area contributed by atoms with Crippen LogP contribution in [0.25, 0.3) is 0 Å². The third kappa shape index (κ3) is 5.34. The van der Waals surface area contributed by atoms with E-state index in [9.17, 15) is 9.59 Å². The Morgan fingerprint density at radius 2 is 1.69 bits per heavy atom. The number of nitrogens with one attached hydrogen (secondary N) is 1. The Morgan fingerprint density at radius 3 is 2.27 bits per heavy atom. The summed E-state index contributed by atoms with van der Waals surface area (Å²) in [6.45, 7) is 1.59. The first kappa shape index (κ1) is 19.0. The first-order chi connectivity index (χ1) is 12.5. The Morgan fingerprint density at radius 1 is 1.04 bits per heavy atom. The van der Waals surface area contributed by atoms with Gasteiger partial charge in [0.1, 0.15) is 5.75 Å². The van der Waals surface area contributed by atoms with E-state index in [0.717, 1.165) is 5.56 Å². The molecular weight excluding hydrogens is 336 g/mol. The standard InChI is InChI=1S/C19H20N2O5/c1-13(18(22)21-16-8-10-17(24-2)11-9-16)26-20-12-14-4-6-15(7-5-14)19(23)25-3/h4-13H,1-3H3,(H,21,22)/b20-12+. The van der Waals surface area contributed by atoms with Gasteiger partial charge in [-0.1, -0.05) is 17.3 Å². The van der Waals surface area contributed by atoms with Gasteiger partial charge >= 0.3 is 5.97 Å². The molecule has 7 heteroatoms. The van der Waals surface area contributed by atoms with Crippen LogP contribution in [-0.2, 0) is 14.4 Å². The van der Waals surface area contributed by atoms with Crippen LogP contribution in [0.4, 0.5) is 5.69 Å². The molecule has 0 saturated heterocycles. The molecule has 1 N–H and O–H groups in total. The van der Waals surface area contributed by atoms with E-state index in [2.05, 4.69) is 15.2 Å². The van der Waals surface area contributed by atoms with Crippen molar-refractivity contribution in [1.29, 1.82) is 0 Å². The summed E-state index contributed by atoms with van der Waals surface area (Å²) >= 11 is 0. The van der Waals surface area contributed by atoms with Gasteiger partial charge in [-0.2, -0.15) is 0 Å². The molecule has 1 atom stereocenters. The number of hydrogen-bond donors (Lipinski definition) is 1. The first-order valence-electron chi connectivity index (χ1n) is 7.86. The molecule has 0 saturated carbocycles. The Bertz CT molecular complexity index is 770. The molecule has 0 aliphatic heterocycles. The zero-order valence-corrected chi connectivity index (χ0v) is 14.8. The molecule has 2 rings (SSSR count). The fraction of sp³-hybridized carbons (Fsp3) is 0.211. The van der Waals surface area contributed by atoms with Crippen molar-refractivity contribution in [2.45, 2.75) is 13.0 Å². The highest BCUT2D eigenvalue weighted by Gasteiger charge is 2.14. The van der Waals surface area contributed by atoms with Gasteiger partial charge in [-0.3, -0.25) is 4.79 Å². The predicted molar refractivity (Wildman–Crippen MR) is 97.5 cm³/mol. The summed E-state index contributed by atoms with van der Waals surface area (Å²) in [5.41, 5.74) is 1.80. The minimum absolute atomic E-state index is 0.326. The van der Waals surface area contributed by atoms with Crippen molar-refractivity contribution in [1.82, 2.24) is 0 Å². The topological polar surface area (TPSA) is 86.2 Å². The summed E-state index contributed by atoms with van der Waals surface area (Å²) < 4.78 is 9.69. The molecule has 0 aliphatic rings. The smallest absolute Gasteiger partial charge is 0.337 e. The molecule has 2 aromatic carbocycles. The van der Waals surface area contributed by atoms with E-state index in [1.165, 1.54) is 13.3 Å². The number of rotatable bonds is 7. The Labute approximate surface area is 151 Å². The van der Waals surface area contributed by atoms with Gasteiger partial charge in [0.05, 0.1) is 26.0 Å². The van der Waals surface area contributed by atoms with Crippen LogP contribution in [0.2, 0.25) is 0 Å². The molecule has 1 unspecified atom stereocenters. The van der Waals surface area contributed by atoms with E-state index in [-0.39, 0.29) is 5.91 Å². The molecule has 0 spiro atoms. The number of carbonyl (C=O) groups excluding carboxylic acids is 2. The van der Waals surface area contributed by atoms with E-state index in [0.29, 0.717) is 17.0 Å². The van der Waals surface area contributed by atoms with Gasteiger partial charge in [-0.05, 0) is 48.9 Å². The second-order valence-corrected chi connectivity index (χ2v) is 5.31. The quantitative estimate of drug-likeness (QED) is 0.468. The van der Waals surface area contributed by atoms with Gasteiger partial charge < -0.3 is 19.6 Å². The molecule has 0 fully saturated rings. The summed E-state index contributed by atoms with van der Waals surface area (Å²) in [7, 11) is 2.90. The zero-order chi connectivity index (χ0) is 18.9. The largest absolute Gasteiger partial charge is 0.497 e. The number of ether oxygens (including phenoxy) is 2. The van der Waals surface area contributed by atoms with Crippen LogP contribution < -0.4 is 10.1 Å². The number of esters is 1. The number of methoxy groups -OCH3 is 2. The number of oxime groups is 1. The molecule has 7 nitrogen and oxygen atoms in total. The van der Waals surface area contributed by atoms with E-state index in [4.69, 9.17) is 9.57 Å². The lowest BCUT2D eigenvalue weighted by Gasteiger charge is -2.10. The van der Waals surface area contributed by atoms with Crippen LogP contribution >= 0.6 is 0 Å². The minimum Gasteiger partial charge on any atom is -0.497 e. The average Bonchev–Trinajstić information content (AvgIpc) is 2.68. The molecule has 0 heterocycles. The highest BCUT2D eigenvalue weighted by molar-refractivity contribution is 5.94. The Kier molecular flexibility index (Phi) is 6.73. The van der Waals surface area contributed by atoms with E-state index < -0.39 is 12.1 Å². The third-order valence-corrected chi connectivity index (χ3v) is 3.48. The lowest BCUT2D eigenvalue weighted by atomic mass is 10.1. The van der Waals surface area contributed by atoms with E-state index in [1.54, 1.807) is 62.6 Å². The van der Waals surface area contributed by atoms with Gasteiger partial charge in [0.2, 0.25) is 6.10 Å². The number of anilines is 1. The lowest BCUT2D eigenvalue weighted by molar-refractivity contribution is -0.126. The maximum Gasteiger partial charge on any atom is 0.337 e. The van der Waals surface area contributed by atoms with Crippen molar-refractivity contribution in [3.8, 4) is 5.75 Å². The molecule has 2 aromatic rings. The van der Waals surface area contributed by atoms with Crippen molar-refractivity contribution < 1.29 is 23.9 Å². The van der Waals surface area contributed by atoms with Gasteiger partial charge in [0, 0.05) is 5.69 Å². The van der Waals surface area contributed by atoms with Crippen LogP contribution in [0.3, 0.4) is 0 Å². The molecule has 26 heavy (non-hydrogen) atoms. The second-order valence-electron chi connectivity index (χ2n) is 5.31. The zero-order valence-electron chi connectivity index (χ0n) is 14.8. The van der Waals surface area contributed by atoms with Crippen LogP contribution in [0.1, 0.15) is 22.8 Å². The summed E-state index contributed by atoms with van der Waals surface area (Å²) in [6.07, 6.45) is 0.681. The number of amides is 1. The SMILES string of the molecule is COC(=O)c1ccc(/C=N/OC(C)C(=O)Nc2ccc(OC)cc2)cc1. The summed E-state index contributed by atoms with van der Waals surface area (Å²) in [6, 6.07) is 13.6. The van der Waals surface area contributed by atoms with Crippen LogP contribution in [0.15, 0.2) is 53.7 Å². The average molecular weight is 356 g/mol. The molecular formula is C19H20N2O5. The molecule has 0 aliphatic carbocycles. The van der Waals surface area contributed by atoms with E-state index in [1.807, 2.05) is 0 Å². The second kappa shape index (κ2) is 9.22. The van der Waals surface area contributed by atoms with Gasteiger partial charge in [-0.15, -0.1) is 0 Å². The highest BCUT2D eigenvalue weighted by atomic mass is 16.6. The van der Waals surface area contributed by atoms with E-state index >= 15 is 0 Å². The van der Waals surface area contributed by atoms with Crippen LogP contribution in [0.5, 0.6) is 5.75 Å². The number of benzene rings is 2. The fourth-order valence-corrected chi connectivity index (χ4v) is 1.97. The first-order valence-corrected chi connectivity index (χ1v) is 7.86. The van der Waals surface area contributed by atoms with Crippen molar-refractivity contribution in [3.63, 3.8) is 0 Å². The van der Waals surface area contributed by atoms with Crippen molar-refractivity contribution in [2.24, 2.45) is 5.16 Å². The normalized spacial score (nSPS) is 11.7. The minimum atomic E-state index is -0.775. The van der Waals surface area contributed by atoms with Gasteiger partial charge in [-0.25, -0.2) is 4.79 Å². The van der Waals surface area contributed by atoms with Crippen molar-refractivity contribution in [3.05, 3.63) is 59.7 Å².